The molecule has 0 radical (unpaired) electrons. The van der Waals surface area contributed by atoms with Crippen LogP contribution >= 0.6 is 0 Å². The first kappa shape index (κ1) is 16.8. The minimum Gasteiger partial charge on any atom is -0.466 e. The zero-order valence-corrected chi connectivity index (χ0v) is 14.2. The highest BCUT2D eigenvalue weighted by Gasteiger charge is 2.12. The van der Waals surface area contributed by atoms with E-state index in [0.29, 0.717) is 30.2 Å². The van der Waals surface area contributed by atoms with Gasteiger partial charge in [-0.3, -0.25) is 4.79 Å². The van der Waals surface area contributed by atoms with Crippen LogP contribution in [0.2, 0.25) is 0 Å². The van der Waals surface area contributed by atoms with Gasteiger partial charge in [-0.25, -0.2) is 9.97 Å². The van der Waals surface area contributed by atoms with Gasteiger partial charge in [-0.1, -0.05) is 0 Å². The lowest BCUT2D eigenvalue weighted by molar-refractivity contribution is 0.0953. The summed E-state index contributed by atoms with van der Waals surface area (Å²) >= 11 is 0. The van der Waals surface area contributed by atoms with Crippen molar-refractivity contribution in [1.29, 1.82) is 0 Å². The topological polar surface area (TPSA) is 83.3 Å². The van der Waals surface area contributed by atoms with E-state index in [4.69, 9.17) is 4.42 Å². The molecule has 7 heteroatoms. The Morgan fingerprint density at radius 3 is 2.52 bits per heavy atom. The van der Waals surface area contributed by atoms with Crippen molar-refractivity contribution in [3.05, 3.63) is 35.0 Å². The van der Waals surface area contributed by atoms with Crippen molar-refractivity contribution in [3.63, 3.8) is 0 Å². The van der Waals surface area contributed by atoms with E-state index in [-0.39, 0.29) is 5.91 Å². The van der Waals surface area contributed by atoms with Gasteiger partial charge >= 0.3 is 0 Å². The van der Waals surface area contributed by atoms with E-state index >= 15 is 0 Å². The number of aromatic nitrogens is 2. The van der Waals surface area contributed by atoms with Crippen LogP contribution in [-0.4, -0.2) is 43.1 Å². The molecule has 0 unspecified atom stereocenters. The molecule has 2 N–H and O–H groups in total. The predicted octanol–water partition coefficient (Wildman–Crippen LogP) is 1.90. The number of furan rings is 1. The van der Waals surface area contributed by atoms with E-state index < -0.39 is 0 Å². The molecule has 0 aliphatic carbocycles. The molecule has 2 aromatic rings. The van der Waals surface area contributed by atoms with Gasteiger partial charge in [-0.15, -0.1) is 0 Å². The Hall–Kier alpha value is -2.57. The molecule has 0 aliphatic heterocycles. The fraction of sp³-hybridized carbons (Fsp3) is 0.438. The molecule has 0 fully saturated rings. The number of nitrogens with zero attached hydrogens (tertiary/aromatic N) is 3. The van der Waals surface area contributed by atoms with E-state index in [1.54, 1.807) is 13.0 Å². The molecule has 0 bridgehead atoms. The van der Waals surface area contributed by atoms with E-state index in [0.717, 1.165) is 17.4 Å². The Bertz CT molecular complexity index is 694. The fourth-order valence-corrected chi connectivity index (χ4v) is 2.19. The molecule has 2 aromatic heterocycles. The average molecular weight is 317 g/mol. The van der Waals surface area contributed by atoms with Crippen LogP contribution in [-0.2, 0) is 0 Å². The molecule has 2 heterocycles. The molecular weight excluding hydrogens is 294 g/mol. The van der Waals surface area contributed by atoms with Gasteiger partial charge in [0, 0.05) is 33.3 Å². The molecule has 124 valence electrons. The second kappa shape index (κ2) is 7.13. The van der Waals surface area contributed by atoms with Gasteiger partial charge in [0.05, 0.1) is 5.56 Å². The van der Waals surface area contributed by atoms with Crippen LogP contribution in [0.15, 0.2) is 16.5 Å². The standard InChI is InChI=1S/C16H23N5O2/c1-10-8-13(11(2)23-10)16(22)18-7-6-17-14-9-15(21(4)5)20-12(3)19-14/h8-9H,6-7H2,1-5H3,(H,18,22)(H,17,19,20). The normalized spacial score (nSPS) is 10.5. The van der Waals surface area contributed by atoms with Gasteiger partial charge in [0.15, 0.2) is 0 Å². The van der Waals surface area contributed by atoms with Gasteiger partial charge in [0.1, 0.15) is 29.0 Å². The molecular formula is C16H23N5O2. The Balaban J connectivity index is 1.86. The summed E-state index contributed by atoms with van der Waals surface area (Å²) in [5, 5.41) is 6.05. The van der Waals surface area contributed by atoms with Crippen LogP contribution < -0.4 is 15.5 Å². The summed E-state index contributed by atoms with van der Waals surface area (Å²) in [7, 11) is 3.86. The van der Waals surface area contributed by atoms with Gasteiger partial charge in [-0.2, -0.15) is 0 Å². The number of amides is 1. The van der Waals surface area contributed by atoms with Crippen molar-refractivity contribution in [2.75, 3.05) is 37.4 Å². The molecule has 2 rings (SSSR count). The summed E-state index contributed by atoms with van der Waals surface area (Å²) in [6.07, 6.45) is 0. The summed E-state index contributed by atoms with van der Waals surface area (Å²) in [4.78, 5) is 22.6. The SMILES string of the molecule is Cc1nc(NCCNC(=O)c2cc(C)oc2C)cc(N(C)C)n1. The van der Waals surface area contributed by atoms with Crippen molar-refractivity contribution in [2.45, 2.75) is 20.8 Å². The third-order valence-electron chi connectivity index (χ3n) is 3.28. The van der Waals surface area contributed by atoms with E-state index in [1.165, 1.54) is 0 Å². The number of anilines is 2. The third-order valence-corrected chi connectivity index (χ3v) is 3.28. The van der Waals surface area contributed by atoms with Crippen LogP contribution in [0.3, 0.4) is 0 Å². The zero-order valence-electron chi connectivity index (χ0n) is 14.2. The Morgan fingerprint density at radius 2 is 1.91 bits per heavy atom. The molecule has 0 saturated heterocycles. The number of carbonyl (C=O) groups excluding carboxylic acids is 1. The van der Waals surface area contributed by atoms with Gasteiger partial charge in [-0.05, 0) is 26.8 Å². The molecule has 23 heavy (non-hydrogen) atoms. The molecule has 0 atom stereocenters. The summed E-state index contributed by atoms with van der Waals surface area (Å²) < 4.78 is 5.36. The van der Waals surface area contributed by atoms with Gasteiger partial charge in [0.2, 0.25) is 0 Å². The van der Waals surface area contributed by atoms with Crippen molar-refractivity contribution < 1.29 is 9.21 Å². The summed E-state index contributed by atoms with van der Waals surface area (Å²) in [6.45, 7) is 6.52. The smallest absolute Gasteiger partial charge is 0.254 e. The first-order valence-corrected chi connectivity index (χ1v) is 7.49. The number of rotatable bonds is 6. The highest BCUT2D eigenvalue weighted by molar-refractivity contribution is 5.95. The number of nitrogens with one attached hydrogen (secondary N) is 2. The Morgan fingerprint density at radius 1 is 1.17 bits per heavy atom. The van der Waals surface area contributed by atoms with Crippen molar-refractivity contribution in [1.82, 2.24) is 15.3 Å². The number of carbonyl (C=O) groups is 1. The van der Waals surface area contributed by atoms with Crippen LogP contribution in [0.5, 0.6) is 0 Å². The van der Waals surface area contributed by atoms with Crippen LogP contribution in [0.25, 0.3) is 0 Å². The lowest BCUT2D eigenvalue weighted by Gasteiger charge is -2.14. The number of hydrogen-bond acceptors (Lipinski definition) is 6. The maximum atomic E-state index is 12.1. The quantitative estimate of drug-likeness (QED) is 0.792. The minimum atomic E-state index is -0.131. The van der Waals surface area contributed by atoms with Gasteiger partial charge in [0.25, 0.3) is 5.91 Å². The Kier molecular flexibility index (Phi) is 5.20. The Labute approximate surface area is 136 Å². The maximum Gasteiger partial charge on any atom is 0.254 e. The molecule has 0 aromatic carbocycles. The summed E-state index contributed by atoms with van der Waals surface area (Å²) in [6, 6.07) is 3.62. The highest BCUT2D eigenvalue weighted by atomic mass is 16.3. The monoisotopic (exact) mass is 317 g/mol. The number of aryl methyl sites for hydroxylation is 3. The first-order valence-electron chi connectivity index (χ1n) is 7.49. The summed E-state index contributed by atoms with van der Waals surface area (Å²) in [5.41, 5.74) is 0.579. The molecule has 7 nitrogen and oxygen atoms in total. The molecule has 0 saturated carbocycles. The second-order valence-corrected chi connectivity index (χ2v) is 5.56. The van der Waals surface area contributed by atoms with E-state index in [2.05, 4.69) is 20.6 Å². The summed E-state index contributed by atoms with van der Waals surface area (Å²) in [5.74, 6) is 3.52. The van der Waals surface area contributed by atoms with E-state index in [9.17, 15) is 4.79 Å². The highest BCUT2D eigenvalue weighted by Crippen LogP contribution is 2.14. The van der Waals surface area contributed by atoms with Crippen LogP contribution in [0.1, 0.15) is 27.7 Å². The number of hydrogen-bond donors (Lipinski definition) is 2. The molecule has 0 spiro atoms. The van der Waals surface area contributed by atoms with Crippen molar-refractivity contribution >= 4 is 17.5 Å². The van der Waals surface area contributed by atoms with Crippen LogP contribution in [0.4, 0.5) is 11.6 Å². The average Bonchev–Trinajstić information content (AvgIpc) is 2.81. The third kappa shape index (κ3) is 4.45. The van der Waals surface area contributed by atoms with Crippen LogP contribution in [0, 0.1) is 20.8 Å². The molecule has 1 amide bonds. The first-order chi connectivity index (χ1) is 10.9. The second-order valence-electron chi connectivity index (χ2n) is 5.56. The fourth-order valence-electron chi connectivity index (χ4n) is 2.19. The largest absolute Gasteiger partial charge is 0.466 e. The lowest BCUT2D eigenvalue weighted by Crippen LogP contribution is -2.29. The van der Waals surface area contributed by atoms with Crippen molar-refractivity contribution in [3.8, 4) is 0 Å². The predicted molar refractivity (Wildman–Crippen MR) is 90.1 cm³/mol. The lowest BCUT2D eigenvalue weighted by atomic mass is 10.2. The minimum absolute atomic E-state index is 0.131. The van der Waals surface area contributed by atoms with Gasteiger partial charge < -0.3 is 20.0 Å². The maximum absolute atomic E-state index is 12.1. The zero-order chi connectivity index (χ0) is 17.0. The van der Waals surface area contributed by atoms with E-state index in [1.807, 2.05) is 38.9 Å². The molecule has 0 aliphatic rings. The van der Waals surface area contributed by atoms with Crippen molar-refractivity contribution in [2.24, 2.45) is 0 Å².